The number of amides is 1. The van der Waals surface area contributed by atoms with Crippen LogP contribution in [0.5, 0.6) is 0 Å². The molecule has 1 aromatic carbocycles. The summed E-state index contributed by atoms with van der Waals surface area (Å²) in [4.78, 5) is 11.8. The molecule has 1 amide bonds. The van der Waals surface area contributed by atoms with Gasteiger partial charge in [-0.25, -0.2) is 13.2 Å². The van der Waals surface area contributed by atoms with Crippen molar-refractivity contribution in [3.05, 3.63) is 40.8 Å². The normalized spacial score (nSPS) is 10.5. The molecule has 100 valence electrons. The van der Waals surface area contributed by atoms with E-state index in [2.05, 4.69) is 15.5 Å². The molecule has 5 nitrogen and oxygen atoms in total. The largest absolute Gasteiger partial charge is 0.382 e. The number of aryl methyl sites for hydroxylation is 1. The monoisotopic (exact) mass is 270 g/mol. The number of nitrogens with two attached hydrogens (primary N) is 1. The number of halogens is 3. The Kier molecular flexibility index (Phi) is 3.16. The molecule has 0 fully saturated rings. The van der Waals surface area contributed by atoms with Crippen LogP contribution in [0.15, 0.2) is 12.1 Å². The Morgan fingerprint density at radius 1 is 1.26 bits per heavy atom. The summed E-state index contributed by atoms with van der Waals surface area (Å²) in [5.74, 6) is -4.54. The molecule has 0 bridgehead atoms. The molecule has 0 saturated carbocycles. The number of nitrogens with zero attached hydrogens (tertiary/aromatic N) is 1. The number of nitrogen functional groups attached to an aromatic ring is 1. The van der Waals surface area contributed by atoms with Crippen LogP contribution in [0.25, 0.3) is 0 Å². The lowest BCUT2D eigenvalue weighted by Crippen LogP contribution is -2.15. The Morgan fingerprint density at radius 2 is 1.89 bits per heavy atom. The molecular weight excluding hydrogens is 261 g/mol. The van der Waals surface area contributed by atoms with Crippen LogP contribution in [0.3, 0.4) is 0 Å². The number of carbonyl (C=O) groups is 1. The first kappa shape index (κ1) is 12.9. The van der Waals surface area contributed by atoms with E-state index in [0.29, 0.717) is 17.8 Å². The van der Waals surface area contributed by atoms with Gasteiger partial charge in [-0.1, -0.05) is 0 Å². The number of hydrogen-bond donors (Lipinski definition) is 3. The molecule has 19 heavy (non-hydrogen) atoms. The smallest absolute Gasteiger partial charge is 0.261 e. The molecule has 2 aromatic rings. The average Bonchev–Trinajstić information content (AvgIpc) is 2.66. The summed E-state index contributed by atoms with van der Waals surface area (Å²) in [6.07, 6.45) is 0. The summed E-state index contributed by atoms with van der Waals surface area (Å²) in [5, 5.41) is 8.17. The van der Waals surface area contributed by atoms with Crippen LogP contribution >= 0.6 is 0 Å². The fourth-order valence-electron chi connectivity index (χ4n) is 1.54. The average molecular weight is 270 g/mol. The first-order valence-electron chi connectivity index (χ1n) is 5.16. The Morgan fingerprint density at radius 3 is 2.47 bits per heavy atom. The molecule has 8 heteroatoms. The number of H-pyrrole nitrogens is 1. The van der Waals surface area contributed by atoms with Crippen molar-refractivity contribution in [3.63, 3.8) is 0 Å². The second kappa shape index (κ2) is 4.63. The summed E-state index contributed by atoms with van der Waals surface area (Å²) in [7, 11) is 0. The Balaban J connectivity index is 2.32. The highest BCUT2D eigenvalue weighted by atomic mass is 19.2. The second-order valence-electron chi connectivity index (χ2n) is 3.81. The minimum Gasteiger partial charge on any atom is -0.382 e. The van der Waals surface area contributed by atoms with E-state index in [4.69, 9.17) is 5.73 Å². The van der Waals surface area contributed by atoms with E-state index < -0.39 is 29.0 Å². The van der Waals surface area contributed by atoms with E-state index in [1.807, 2.05) is 0 Å². The van der Waals surface area contributed by atoms with Crippen molar-refractivity contribution in [2.45, 2.75) is 6.92 Å². The fourth-order valence-corrected chi connectivity index (χ4v) is 1.54. The highest BCUT2D eigenvalue weighted by molar-refractivity contribution is 6.08. The molecule has 0 aliphatic carbocycles. The quantitative estimate of drug-likeness (QED) is 0.729. The molecule has 0 atom stereocenters. The lowest BCUT2D eigenvalue weighted by Gasteiger charge is -2.07. The molecule has 1 heterocycles. The predicted molar refractivity (Wildman–Crippen MR) is 62.0 cm³/mol. The van der Waals surface area contributed by atoms with Gasteiger partial charge in [0.15, 0.2) is 17.5 Å². The maximum absolute atomic E-state index is 13.4. The maximum Gasteiger partial charge on any atom is 0.261 e. The number of rotatable bonds is 2. The summed E-state index contributed by atoms with van der Waals surface area (Å²) in [6, 6.07) is 0.894. The highest BCUT2D eigenvalue weighted by Gasteiger charge is 2.18. The van der Waals surface area contributed by atoms with E-state index in [0.717, 1.165) is 0 Å². The minimum absolute atomic E-state index is 0.0177. The molecule has 0 radical (unpaired) electrons. The van der Waals surface area contributed by atoms with Gasteiger partial charge in [0.05, 0.1) is 5.69 Å². The Bertz CT molecular complexity index is 634. The van der Waals surface area contributed by atoms with Crippen LogP contribution in [0.4, 0.5) is 24.7 Å². The van der Waals surface area contributed by atoms with Crippen molar-refractivity contribution in [2.75, 3.05) is 11.1 Å². The maximum atomic E-state index is 13.4. The van der Waals surface area contributed by atoms with Crippen molar-refractivity contribution >= 4 is 17.4 Å². The van der Waals surface area contributed by atoms with Gasteiger partial charge in [-0.3, -0.25) is 9.89 Å². The van der Waals surface area contributed by atoms with E-state index in [1.165, 1.54) is 0 Å². The van der Waals surface area contributed by atoms with Gasteiger partial charge in [-0.15, -0.1) is 0 Å². The number of nitrogens with one attached hydrogen (secondary N) is 2. The third kappa shape index (κ3) is 2.37. The van der Waals surface area contributed by atoms with Gasteiger partial charge in [-0.2, -0.15) is 5.10 Å². The van der Waals surface area contributed by atoms with E-state index in [9.17, 15) is 18.0 Å². The Labute approximate surface area is 105 Å². The molecule has 2 rings (SSSR count). The zero-order valence-corrected chi connectivity index (χ0v) is 9.72. The predicted octanol–water partition coefficient (Wildman–Crippen LogP) is 1.97. The lowest BCUT2D eigenvalue weighted by molar-refractivity contribution is 0.102. The number of anilines is 2. The standard InChI is InChI=1S/C11H9F3N4O/c1-4-9(10(15)18-17-4)11(19)16-8-3-6(13)5(12)2-7(8)14/h2-3H,1H3,(H,16,19)(H3,15,17,18). The van der Waals surface area contributed by atoms with Gasteiger partial charge in [0.1, 0.15) is 11.4 Å². The first-order chi connectivity index (χ1) is 8.90. The van der Waals surface area contributed by atoms with Crippen LogP contribution in [-0.2, 0) is 0 Å². The van der Waals surface area contributed by atoms with E-state index >= 15 is 0 Å². The summed E-state index contributed by atoms with van der Waals surface area (Å²) in [6.45, 7) is 1.54. The van der Waals surface area contributed by atoms with Gasteiger partial charge in [0.2, 0.25) is 0 Å². The molecule has 0 spiro atoms. The van der Waals surface area contributed by atoms with Gasteiger partial charge in [0.25, 0.3) is 5.91 Å². The summed E-state index contributed by atoms with van der Waals surface area (Å²) in [5.41, 5.74) is 5.37. The summed E-state index contributed by atoms with van der Waals surface area (Å²) >= 11 is 0. The topological polar surface area (TPSA) is 83.8 Å². The van der Waals surface area contributed by atoms with Crippen LogP contribution in [0.2, 0.25) is 0 Å². The molecule has 0 unspecified atom stereocenters. The number of hydrogen-bond acceptors (Lipinski definition) is 3. The number of aromatic nitrogens is 2. The van der Waals surface area contributed by atoms with Gasteiger partial charge in [-0.05, 0) is 6.92 Å². The van der Waals surface area contributed by atoms with Crippen molar-refractivity contribution < 1.29 is 18.0 Å². The van der Waals surface area contributed by atoms with Crippen LogP contribution in [0.1, 0.15) is 16.1 Å². The number of carbonyl (C=O) groups excluding carboxylic acids is 1. The van der Waals surface area contributed by atoms with Gasteiger partial charge in [0, 0.05) is 17.8 Å². The lowest BCUT2D eigenvalue weighted by atomic mass is 10.2. The molecular formula is C11H9F3N4O. The highest BCUT2D eigenvalue weighted by Crippen LogP contribution is 2.20. The van der Waals surface area contributed by atoms with Gasteiger partial charge >= 0.3 is 0 Å². The zero-order valence-electron chi connectivity index (χ0n) is 9.72. The van der Waals surface area contributed by atoms with Crippen molar-refractivity contribution in [3.8, 4) is 0 Å². The number of benzene rings is 1. The number of aromatic amines is 1. The third-order valence-corrected chi connectivity index (χ3v) is 2.46. The van der Waals surface area contributed by atoms with Crippen LogP contribution < -0.4 is 11.1 Å². The molecule has 1 aromatic heterocycles. The molecule has 0 saturated heterocycles. The SMILES string of the molecule is Cc1[nH]nc(N)c1C(=O)Nc1cc(F)c(F)cc1F. The first-order valence-corrected chi connectivity index (χ1v) is 5.16. The van der Waals surface area contributed by atoms with Crippen LogP contribution in [0, 0.1) is 24.4 Å². The third-order valence-electron chi connectivity index (χ3n) is 2.46. The van der Waals surface area contributed by atoms with E-state index in [1.54, 1.807) is 6.92 Å². The fraction of sp³-hybridized carbons (Fsp3) is 0.0909. The summed E-state index contributed by atoms with van der Waals surface area (Å²) < 4.78 is 39.1. The van der Waals surface area contributed by atoms with Crippen LogP contribution in [-0.4, -0.2) is 16.1 Å². The van der Waals surface area contributed by atoms with Crippen molar-refractivity contribution in [1.82, 2.24) is 10.2 Å². The zero-order chi connectivity index (χ0) is 14.2. The van der Waals surface area contributed by atoms with Gasteiger partial charge < -0.3 is 11.1 Å². The molecule has 0 aliphatic heterocycles. The second-order valence-corrected chi connectivity index (χ2v) is 3.81. The van der Waals surface area contributed by atoms with E-state index in [-0.39, 0.29) is 11.4 Å². The molecule has 4 N–H and O–H groups in total. The van der Waals surface area contributed by atoms with Crippen molar-refractivity contribution in [2.24, 2.45) is 0 Å². The minimum atomic E-state index is -1.34. The van der Waals surface area contributed by atoms with Crippen molar-refractivity contribution in [1.29, 1.82) is 0 Å². The molecule has 0 aliphatic rings. The Hall–Kier alpha value is -2.51.